The summed E-state index contributed by atoms with van der Waals surface area (Å²) in [4.78, 5) is 32.8. The molecular weight excluding hydrogens is 797 g/mol. The van der Waals surface area contributed by atoms with Crippen LogP contribution in [0.1, 0.15) is 150 Å². The molecule has 2 aliphatic heterocycles. The van der Waals surface area contributed by atoms with Crippen molar-refractivity contribution in [2.24, 2.45) is 0 Å². The van der Waals surface area contributed by atoms with Crippen LogP contribution in [0.25, 0.3) is 21.5 Å². The van der Waals surface area contributed by atoms with Gasteiger partial charge in [-0.1, -0.05) is 102 Å². The SMILES string of the molecule is CCCCCCCCN(C(=O)c1ccc2cc(OCCCCC3CO3)ccc2c1)c1ccc(N(CCCCCCCC)C(=O)c2ccc3cc(OCCCCC4CO4)ccc3c2)cc1. The first kappa shape index (κ1) is 47.1. The number of ether oxygens (including phenoxy) is 4. The van der Waals surface area contributed by atoms with Crippen molar-refractivity contribution in [1.29, 1.82) is 0 Å². The van der Waals surface area contributed by atoms with Crippen molar-refractivity contribution in [2.75, 3.05) is 49.3 Å². The Hall–Kier alpha value is -4.92. The van der Waals surface area contributed by atoms with Gasteiger partial charge in [0.05, 0.1) is 38.6 Å². The van der Waals surface area contributed by atoms with E-state index < -0.39 is 0 Å². The second-order valence-corrected chi connectivity index (χ2v) is 18.0. The van der Waals surface area contributed by atoms with Gasteiger partial charge in [0, 0.05) is 35.6 Å². The lowest BCUT2D eigenvalue weighted by Gasteiger charge is -2.26. The van der Waals surface area contributed by atoms with Crippen LogP contribution in [0.15, 0.2) is 97.1 Å². The van der Waals surface area contributed by atoms with E-state index in [2.05, 4.69) is 38.1 Å². The highest BCUT2D eigenvalue weighted by molar-refractivity contribution is 6.09. The van der Waals surface area contributed by atoms with Crippen molar-refractivity contribution in [1.82, 2.24) is 0 Å². The Morgan fingerprint density at radius 2 is 0.844 bits per heavy atom. The van der Waals surface area contributed by atoms with Gasteiger partial charge in [-0.15, -0.1) is 0 Å². The first-order valence-electron chi connectivity index (χ1n) is 24.8. The Bertz CT molecular complexity index is 2060. The molecule has 0 radical (unpaired) electrons. The number of carbonyl (C=O) groups is 2. The topological polar surface area (TPSA) is 84.1 Å². The largest absolute Gasteiger partial charge is 0.494 e. The predicted molar refractivity (Wildman–Crippen MR) is 263 cm³/mol. The molecule has 8 heteroatoms. The molecule has 0 aliphatic carbocycles. The molecule has 0 N–H and O–H groups in total. The number of hydrogen-bond acceptors (Lipinski definition) is 6. The van der Waals surface area contributed by atoms with E-state index in [0.29, 0.717) is 49.6 Å². The van der Waals surface area contributed by atoms with Gasteiger partial charge >= 0.3 is 0 Å². The third-order valence-electron chi connectivity index (χ3n) is 12.7. The summed E-state index contributed by atoms with van der Waals surface area (Å²) < 4.78 is 22.8. The van der Waals surface area contributed by atoms with Crippen LogP contribution >= 0.6 is 0 Å². The lowest BCUT2D eigenvalue weighted by Crippen LogP contribution is -2.33. The zero-order valence-corrected chi connectivity index (χ0v) is 38.7. The Morgan fingerprint density at radius 1 is 0.469 bits per heavy atom. The van der Waals surface area contributed by atoms with E-state index in [1.807, 2.05) is 82.6 Å². The lowest BCUT2D eigenvalue weighted by molar-refractivity contribution is 0.0978. The van der Waals surface area contributed by atoms with Crippen LogP contribution in [0, 0.1) is 0 Å². The van der Waals surface area contributed by atoms with E-state index in [4.69, 9.17) is 18.9 Å². The molecule has 8 nitrogen and oxygen atoms in total. The molecule has 0 saturated carbocycles. The zero-order valence-electron chi connectivity index (χ0n) is 38.7. The fourth-order valence-electron chi connectivity index (χ4n) is 8.61. The maximum Gasteiger partial charge on any atom is 0.258 e. The summed E-state index contributed by atoms with van der Waals surface area (Å²) in [5.41, 5.74) is 3.00. The van der Waals surface area contributed by atoms with Gasteiger partial charge in [0.15, 0.2) is 0 Å². The van der Waals surface area contributed by atoms with Gasteiger partial charge in [-0.2, -0.15) is 0 Å². The van der Waals surface area contributed by atoms with Gasteiger partial charge in [0.25, 0.3) is 11.8 Å². The first-order chi connectivity index (χ1) is 31.5. The monoisotopic (exact) mass is 869 g/mol. The molecule has 7 rings (SSSR count). The molecule has 2 atom stereocenters. The Labute approximate surface area is 382 Å². The fourth-order valence-corrected chi connectivity index (χ4v) is 8.61. The van der Waals surface area contributed by atoms with Gasteiger partial charge in [-0.3, -0.25) is 9.59 Å². The highest BCUT2D eigenvalue weighted by Crippen LogP contribution is 2.30. The minimum Gasteiger partial charge on any atom is -0.494 e. The summed E-state index contributed by atoms with van der Waals surface area (Å²) in [5, 5.41) is 4.12. The molecule has 2 heterocycles. The predicted octanol–water partition coefficient (Wildman–Crippen LogP) is 13.9. The van der Waals surface area contributed by atoms with Crippen LogP contribution in [0.5, 0.6) is 11.5 Å². The van der Waals surface area contributed by atoms with Crippen molar-refractivity contribution in [3.05, 3.63) is 108 Å². The van der Waals surface area contributed by atoms with Gasteiger partial charge in [0.1, 0.15) is 11.5 Å². The first-order valence-corrected chi connectivity index (χ1v) is 24.8. The van der Waals surface area contributed by atoms with Crippen molar-refractivity contribution in [3.8, 4) is 11.5 Å². The number of unbranched alkanes of at least 4 members (excludes halogenated alkanes) is 12. The second-order valence-electron chi connectivity index (χ2n) is 18.0. The fraction of sp³-hybridized carbons (Fsp3) is 0.500. The molecule has 0 aromatic heterocycles. The third-order valence-corrected chi connectivity index (χ3v) is 12.7. The van der Waals surface area contributed by atoms with Crippen molar-refractivity contribution >= 4 is 44.7 Å². The van der Waals surface area contributed by atoms with Crippen LogP contribution in [0.2, 0.25) is 0 Å². The summed E-state index contributed by atoms with van der Waals surface area (Å²) in [6.45, 7) is 8.91. The number of hydrogen-bond donors (Lipinski definition) is 0. The summed E-state index contributed by atoms with van der Waals surface area (Å²) in [6, 6.07) is 32.3. The quantitative estimate of drug-likeness (QED) is 0.0338. The number of amides is 2. The van der Waals surface area contributed by atoms with E-state index in [1.165, 1.54) is 51.4 Å². The highest BCUT2D eigenvalue weighted by Gasteiger charge is 2.23. The maximum atomic E-state index is 14.5. The van der Waals surface area contributed by atoms with E-state index in [-0.39, 0.29) is 11.8 Å². The number of epoxide rings is 2. The summed E-state index contributed by atoms with van der Waals surface area (Å²) in [5.74, 6) is 1.67. The molecule has 64 heavy (non-hydrogen) atoms. The van der Waals surface area contributed by atoms with Gasteiger partial charge in [-0.25, -0.2) is 0 Å². The molecule has 2 amide bonds. The molecule has 0 spiro atoms. The molecular formula is C56H72N2O6. The van der Waals surface area contributed by atoms with Crippen LogP contribution < -0.4 is 19.3 Å². The third kappa shape index (κ3) is 14.5. The summed E-state index contributed by atoms with van der Waals surface area (Å²) >= 11 is 0. The van der Waals surface area contributed by atoms with E-state index in [0.717, 1.165) is 122 Å². The van der Waals surface area contributed by atoms with Crippen molar-refractivity contribution < 1.29 is 28.5 Å². The standard InChI is InChI=1S/C56H72N2O6/c1-3-5-7-9-11-15-33-57(55(59)47-23-21-45-39-51(31-25-43(45)37-47)61-35-17-13-19-53-41-63-53)49-27-29-50(30-28-49)58(34-16-12-10-8-6-4-2)56(60)48-24-22-46-40-52(32-26-44(46)38-48)62-36-18-14-20-54-42-64-54/h21-32,37-40,53-54H,3-20,33-36,41-42H2,1-2H3. The van der Waals surface area contributed by atoms with Crippen molar-refractivity contribution in [3.63, 3.8) is 0 Å². The molecule has 2 unspecified atom stereocenters. The Kier molecular flexibility index (Phi) is 18.3. The number of nitrogens with zero attached hydrogens (tertiary/aromatic N) is 2. The van der Waals surface area contributed by atoms with E-state index in [9.17, 15) is 9.59 Å². The Balaban J connectivity index is 1.05. The molecule has 0 bridgehead atoms. The molecule has 2 saturated heterocycles. The summed E-state index contributed by atoms with van der Waals surface area (Å²) in [7, 11) is 0. The molecule has 2 fully saturated rings. The van der Waals surface area contributed by atoms with E-state index in [1.54, 1.807) is 0 Å². The zero-order chi connectivity index (χ0) is 44.4. The number of rotatable bonds is 30. The van der Waals surface area contributed by atoms with Crippen LogP contribution in [0.4, 0.5) is 11.4 Å². The second kappa shape index (κ2) is 25.0. The Morgan fingerprint density at radius 3 is 1.25 bits per heavy atom. The minimum absolute atomic E-state index is 0.0170. The smallest absolute Gasteiger partial charge is 0.258 e. The van der Waals surface area contributed by atoms with Crippen LogP contribution in [-0.4, -0.2) is 63.5 Å². The number of benzene rings is 5. The van der Waals surface area contributed by atoms with Crippen LogP contribution in [-0.2, 0) is 9.47 Å². The molecule has 5 aromatic carbocycles. The van der Waals surface area contributed by atoms with Gasteiger partial charge in [-0.05, 0) is 146 Å². The average molecular weight is 869 g/mol. The molecule has 5 aromatic rings. The van der Waals surface area contributed by atoms with Crippen molar-refractivity contribution in [2.45, 2.75) is 142 Å². The van der Waals surface area contributed by atoms with Crippen LogP contribution in [0.3, 0.4) is 0 Å². The average Bonchev–Trinajstić information content (AvgIpc) is 4.28. The van der Waals surface area contributed by atoms with Gasteiger partial charge in [0.2, 0.25) is 0 Å². The number of anilines is 2. The molecule has 342 valence electrons. The van der Waals surface area contributed by atoms with Gasteiger partial charge < -0.3 is 28.7 Å². The lowest BCUT2D eigenvalue weighted by atomic mass is 10.0. The number of fused-ring (bicyclic) bond motifs is 2. The minimum atomic E-state index is -0.0170. The number of carbonyl (C=O) groups excluding carboxylic acids is 2. The summed E-state index contributed by atoms with van der Waals surface area (Å²) in [6.07, 6.45) is 21.0. The molecule has 2 aliphatic rings. The highest BCUT2D eigenvalue weighted by atomic mass is 16.6. The van der Waals surface area contributed by atoms with E-state index >= 15 is 0 Å². The maximum absolute atomic E-state index is 14.5. The normalized spacial score (nSPS) is 15.3.